The van der Waals surface area contributed by atoms with Crippen LogP contribution in [0.1, 0.15) is 32.8 Å². The first-order valence-electron chi connectivity index (χ1n) is 6.69. The molecule has 0 saturated heterocycles. The lowest BCUT2D eigenvalue weighted by Gasteiger charge is -2.26. The van der Waals surface area contributed by atoms with Crippen LogP contribution < -0.4 is 15.8 Å². The number of hydrogen-bond donors (Lipinski definition) is 2. The summed E-state index contributed by atoms with van der Waals surface area (Å²) in [6, 6.07) is 8.00. The molecular formula is C15H24N2O2. The van der Waals surface area contributed by atoms with E-state index in [0.29, 0.717) is 26.1 Å². The van der Waals surface area contributed by atoms with Crippen LogP contribution in [0.2, 0.25) is 0 Å². The maximum absolute atomic E-state index is 11.4. The Morgan fingerprint density at radius 2 is 1.95 bits per heavy atom. The smallest absolute Gasteiger partial charge is 0.221 e. The van der Waals surface area contributed by atoms with Gasteiger partial charge in [-0.1, -0.05) is 26.0 Å². The summed E-state index contributed by atoms with van der Waals surface area (Å²) in [6.07, 6.45) is 0.374. The van der Waals surface area contributed by atoms with E-state index in [9.17, 15) is 4.79 Å². The lowest BCUT2D eigenvalue weighted by Crippen LogP contribution is -2.37. The number of amides is 1. The molecule has 1 aromatic rings. The number of nitrogens with one attached hydrogen (secondary N) is 1. The summed E-state index contributed by atoms with van der Waals surface area (Å²) >= 11 is 0. The molecule has 0 unspecified atom stereocenters. The highest BCUT2D eigenvalue weighted by Crippen LogP contribution is 2.24. The zero-order chi connectivity index (χ0) is 14.3. The third-order valence-corrected chi connectivity index (χ3v) is 3.05. The first-order valence-corrected chi connectivity index (χ1v) is 6.69. The zero-order valence-electron chi connectivity index (χ0n) is 12.0. The van der Waals surface area contributed by atoms with E-state index in [2.05, 4.69) is 19.2 Å². The highest BCUT2D eigenvalue weighted by molar-refractivity contribution is 5.76. The van der Waals surface area contributed by atoms with Crippen molar-refractivity contribution in [1.29, 1.82) is 0 Å². The molecule has 0 saturated carbocycles. The van der Waals surface area contributed by atoms with Crippen molar-refractivity contribution >= 4 is 5.91 Å². The molecule has 19 heavy (non-hydrogen) atoms. The van der Waals surface area contributed by atoms with E-state index >= 15 is 0 Å². The van der Waals surface area contributed by atoms with Crippen LogP contribution in [0.3, 0.4) is 0 Å². The summed E-state index contributed by atoms with van der Waals surface area (Å²) in [4.78, 5) is 11.4. The molecule has 1 amide bonds. The molecule has 0 aromatic heterocycles. The van der Waals surface area contributed by atoms with Crippen LogP contribution in [0.15, 0.2) is 24.3 Å². The van der Waals surface area contributed by atoms with Gasteiger partial charge in [0.2, 0.25) is 5.91 Å². The Hall–Kier alpha value is -1.55. The number of ether oxygens (including phenoxy) is 1. The van der Waals surface area contributed by atoms with Crippen molar-refractivity contribution in [2.75, 3.05) is 19.7 Å². The quantitative estimate of drug-likeness (QED) is 0.789. The molecular weight excluding hydrogens is 240 g/mol. The molecule has 4 nitrogen and oxygen atoms in total. The number of nitrogens with two attached hydrogens (primary N) is 1. The number of rotatable bonds is 7. The van der Waals surface area contributed by atoms with E-state index in [1.54, 1.807) is 0 Å². The minimum absolute atomic E-state index is 0.00140. The van der Waals surface area contributed by atoms with Gasteiger partial charge in [0, 0.05) is 24.9 Å². The summed E-state index contributed by atoms with van der Waals surface area (Å²) in [5, 5.41) is 2.91. The Balaban J connectivity index is 2.63. The van der Waals surface area contributed by atoms with Gasteiger partial charge in [0.05, 0.1) is 6.61 Å². The minimum Gasteiger partial charge on any atom is -0.494 e. The zero-order valence-corrected chi connectivity index (χ0v) is 12.0. The maximum atomic E-state index is 11.4. The molecule has 0 aliphatic carbocycles. The molecule has 0 aliphatic rings. The van der Waals surface area contributed by atoms with Gasteiger partial charge in [-0.05, 0) is 24.6 Å². The summed E-state index contributed by atoms with van der Waals surface area (Å²) in [6.45, 7) is 7.81. The Morgan fingerprint density at radius 1 is 1.32 bits per heavy atom. The standard InChI is InChI=1S/C15H24N2O2/c1-4-19-13-7-5-12(6-8-13)15(2,3)11-17-14(18)9-10-16/h5-8H,4,9-11,16H2,1-3H3,(H,17,18). The van der Waals surface area contributed by atoms with Gasteiger partial charge in [0.1, 0.15) is 5.75 Å². The molecule has 1 rings (SSSR count). The van der Waals surface area contributed by atoms with E-state index in [4.69, 9.17) is 10.5 Å². The summed E-state index contributed by atoms with van der Waals surface area (Å²) < 4.78 is 5.42. The van der Waals surface area contributed by atoms with Gasteiger partial charge >= 0.3 is 0 Å². The van der Waals surface area contributed by atoms with Crippen LogP contribution in [-0.2, 0) is 10.2 Å². The minimum atomic E-state index is -0.116. The monoisotopic (exact) mass is 264 g/mol. The largest absolute Gasteiger partial charge is 0.494 e. The molecule has 1 aromatic carbocycles. The molecule has 0 radical (unpaired) electrons. The third-order valence-electron chi connectivity index (χ3n) is 3.05. The average Bonchev–Trinajstić information content (AvgIpc) is 2.38. The fourth-order valence-electron chi connectivity index (χ4n) is 1.81. The van der Waals surface area contributed by atoms with Crippen molar-refractivity contribution in [1.82, 2.24) is 5.32 Å². The van der Waals surface area contributed by atoms with Gasteiger partial charge in [-0.3, -0.25) is 4.79 Å². The van der Waals surface area contributed by atoms with Crippen molar-refractivity contribution in [2.24, 2.45) is 5.73 Å². The highest BCUT2D eigenvalue weighted by Gasteiger charge is 2.21. The second kappa shape index (κ2) is 7.14. The fourth-order valence-corrected chi connectivity index (χ4v) is 1.81. The molecule has 0 atom stereocenters. The van der Waals surface area contributed by atoms with Crippen LogP contribution in [-0.4, -0.2) is 25.6 Å². The number of carbonyl (C=O) groups is 1. The first kappa shape index (κ1) is 15.5. The molecule has 0 bridgehead atoms. The normalized spacial score (nSPS) is 11.2. The van der Waals surface area contributed by atoms with E-state index in [-0.39, 0.29) is 11.3 Å². The van der Waals surface area contributed by atoms with E-state index in [0.717, 1.165) is 5.75 Å². The van der Waals surface area contributed by atoms with Gasteiger partial charge in [-0.15, -0.1) is 0 Å². The van der Waals surface area contributed by atoms with Crippen molar-refractivity contribution in [3.63, 3.8) is 0 Å². The second-order valence-corrected chi connectivity index (χ2v) is 5.16. The highest BCUT2D eigenvalue weighted by atomic mass is 16.5. The maximum Gasteiger partial charge on any atom is 0.221 e. The van der Waals surface area contributed by atoms with Gasteiger partial charge in [0.15, 0.2) is 0 Å². The average molecular weight is 264 g/mol. The predicted octanol–water partition coefficient (Wildman–Crippen LogP) is 1.83. The SMILES string of the molecule is CCOc1ccc(C(C)(C)CNC(=O)CCN)cc1. The number of benzene rings is 1. The van der Waals surface area contributed by atoms with Crippen LogP contribution >= 0.6 is 0 Å². The molecule has 106 valence electrons. The molecule has 0 spiro atoms. The van der Waals surface area contributed by atoms with Crippen LogP contribution in [0.25, 0.3) is 0 Å². The molecule has 0 heterocycles. The van der Waals surface area contributed by atoms with Crippen molar-refractivity contribution in [3.8, 4) is 5.75 Å². The van der Waals surface area contributed by atoms with Crippen molar-refractivity contribution in [2.45, 2.75) is 32.6 Å². The number of carbonyl (C=O) groups excluding carboxylic acids is 1. The van der Waals surface area contributed by atoms with Crippen molar-refractivity contribution < 1.29 is 9.53 Å². The Kier molecular flexibility index (Phi) is 5.83. The molecule has 3 N–H and O–H groups in total. The van der Waals surface area contributed by atoms with Gasteiger partial charge < -0.3 is 15.8 Å². The van der Waals surface area contributed by atoms with E-state index in [1.807, 2.05) is 31.2 Å². The lowest BCUT2D eigenvalue weighted by atomic mass is 9.84. The van der Waals surface area contributed by atoms with Crippen LogP contribution in [0, 0.1) is 0 Å². The Labute approximate surface area is 115 Å². The van der Waals surface area contributed by atoms with Gasteiger partial charge in [0.25, 0.3) is 0 Å². The van der Waals surface area contributed by atoms with E-state index < -0.39 is 0 Å². The van der Waals surface area contributed by atoms with Crippen LogP contribution in [0.4, 0.5) is 0 Å². The Bertz CT molecular complexity index is 399. The summed E-state index contributed by atoms with van der Waals surface area (Å²) in [5.41, 5.74) is 6.40. The molecule has 4 heteroatoms. The van der Waals surface area contributed by atoms with Gasteiger partial charge in [-0.2, -0.15) is 0 Å². The van der Waals surface area contributed by atoms with Crippen molar-refractivity contribution in [3.05, 3.63) is 29.8 Å². The van der Waals surface area contributed by atoms with Gasteiger partial charge in [-0.25, -0.2) is 0 Å². The summed E-state index contributed by atoms with van der Waals surface area (Å²) in [7, 11) is 0. The first-order chi connectivity index (χ1) is 8.99. The second-order valence-electron chi connectivity index (χ2n) is 5.16. The lowest BCUT2D eigenvalue weighted by molar-refractivity contribution is -0.121. The number of hydrogen-bond acceptors (Lipinski definition) is 3. The topological polar surface area (TPSA) is 64.3 Å². The molecule has 0 fully saturated rings. The summed E-state index contributed by atoms with van der Waals surface area (Å²) in [5.74, 6) is 0.871. The van der Waals surface area contributed by atoms with E-state index in [1.165, 1.54) is 5.56 Å². The molecule has 0 aliphatic heterocycles. The Morgan fingerprint density at radius 3 is 2.47 bits per heavy atom. The predicted molar refractivity (Wildman–Crippen MR) is 77.3 cm³/mol. The third kappa shape index (κ3) is 4.91. The fraction of sp³-hybridized carbons (Fsp3) is 0.533. The van der Waals surface area contributed by atoms with Crippen LogP contribution in [0.5, 0.6) is 5.75 Å².